The molecule has 3 rings (SSSR count). The molecule has 0 aliphatic rings. The van der Waals surface area contributed by atoms with Crippen LogP contribution in [-0.2, 0) is 6.42 Å². The molecule has 0 saturated carbocycles. The van der Waals surface area contributed by atoms with Gasteiger partial charge >= 0.3 is 0 Å². The van der Waals surface area contributed by atoms with Crippen LogP contribution in [0.3, 0.4) is 0 Å². The Morgan fingerprint density at radius 3 is 2.48 bits per heavy atom. The lowest BCUT2D eigenvalue weighted by Crippen LogP contribution is -2.01. The van der Waals surface area contributed by atoms with Gasteiger partial charge in [-0.15, -0.1) is 11.3 Å². The molecule has 2 aromatic carbocycles. The van der Waals surface area contributed by atoms with Crippen molar-refractivity contribution < 1.29 is 14.6 Å². The van der Waals surface area contributed by atoms with E-state index in [4.69, 9.17) is 21.1 Å². The van der Waals surface area contributed by atoms with Crippen LogP contribution in [0.15, 0.2) is 66.6 Å². The molecule has 1 N–H and O–H groups in total. The van der Waals surface area contributed by atoms with Gasteiger partial charge in [-0.25, -0.2) is 0 Å². The molecule has 5 heteroatoms. The van der Waals surface area contributed by atoms with Crippen LogP contribution in [0.2, 0.25) is 5.02 Å². The Bertz CT molecular complexity index is 842. The fourth-order valence-corrected chi connectivity index (χ4v) is 3.06. The molecule has 0 aliphatic carbocycles. The van der Waals surface area contributed by atoms with E-state index < -0.39 is 0 Å². The number of halogens is 1. The molecule has 3 nitrogen and oxygen atoms in total. The SMILES string of the molecule is C=C(O)c1cc(OCCc2cccs2)cc(Oc2ccc(Cl)cc2)c1. The topological polar surface area (TPSA) is 38.7 Å². The summed E-state index contributed by atoms with van der Waals surface area (Å²) < 4.78 is 11.6. The minimum absolute atomic E-state index is 0.0373. The van der Waals surface area contributed by atoms with Crippen molar-refractivity contribution in [2.24, 2.45) is 0 Å². The number of hydrogen-bond acceptors (Lipinski definition) is 4. The Hall–Kier alpha value is -2.43. The van der Waals surface area contributed by atoms with Crippen molar-refractivity contribution in [2.75, 3.05) is 6.61 Å². The van der Waals surface area contributed by atoms with Crippen molar-refractivity contribution in [2.45, 2.75) is 6.42 Å². The van der Waals surface area contributed by atoms with E-state index in [9.17, 15) is 5.11 Å². The lowest BCUT2D eigenvalue weighted by molar-refractivity contribution is 0.321. The smallest absolute Gasteiger partial charge is 0.131 e. The molecule has 0 amide bonds. The van der Waals surface area contributed by atoms with Gasteiger partial charge in [-0.2, -0.15) is 0 Å². The van der Waals surface area contributed by atoms with Gasteiger partial charge in [-0.3, -0.25) is 0 Å². The second kappa shape index (κ2) is 8.10. The van der Waals surface area contributed by atoms with Gasteiger partial charge in [0.15, 0.2) is 0 Å². The molecule has 0 aliphatic heterocycles. The maximum atomic E-state index is 9.73. The molecule has 0 saturated heterocycles. The standard InChI is InChI=1S/C20H17ClO3S/c1-14(22)15-11-18(23-9-8-20-3-2-10-25-20)13-19(12-15)24-17-6-4-16(21)5-7-17/h2-7,10-13,22H,1,8-9H2. The summed E-state index contributed by atoms with van der Waals surface area (Å²) in [5.41, 5.74) is 0.553. The van der Waals surface area contributed by atoms with E-state index in [1.807, 2.05) is 11.4 Å². The summed E-state index contributed by atoms with van der Waals surface area (Å²) in [5.74, 6) is 1.79. The third-order valence-electron chi connectivity index (χ3n) is 3.46. The van der Waals surface area contributed by atoms with Gasteiger partial charge < -0.3 is 14.6 Å². The van der Waals surface area contributed by atoms with E-state index in [1.54, 1.807) is 53.8 Å². The second-order valence-corrected chi connectivity index (χ2v) is 6.84. The van der Waals surface area contributed by atoms with Crippen LogP contribution < -0.4 is 9.47 Å². The van der Waals surface area contributed by atoms with E-state index in [0.717, 1.165) is 6.42 Å². The van der Waals surface area contributed by atoms with Gasteiger partial charge in [-0.05, 0) is 47.8 Å². The molecule has 1 heterocycles. The number of thiophene rings is 1. The van der Waals surface area contributed by atoms with Crippen LogP contribution >= 0.6 is 22.9 Å². The second-order valence-electron chi connectivity index (χ2n) is 5.37. The van der Waals surface area contributed by atoms with Crippen LogP contribution in [0.1, 0.15) is 10.4 Å². The molecule has 1 aromatic heterocycles. The van der Waals surface area contributed by atoms with Crippen LogP contribution in [0, 0.1) is 0 Å². The first-order chi connectivity index (χ1) is 12.1. The predicted molar refractivity (Wildman–Crippen MR) is 103 cm³/mol. The van der Waals surface area contributed by atoms with Crippen molar-refractivity contribution in [3.05, 3.63) is 82.0 Å². The zero-order chi connectivity index (χ0) is 17.6. The van der Waals surface area contributed by atoms with E-state index in [2.05, 4.69) is 12.6 Å². The molecule has 0 fully saturated rings. The van der Waals surface area contributed by atoms with Crippen molar-refractivity contribution >= 4 is 28.7 Å². The average molecular weight is 373 g/mol. The quantitative estimate of drug-likeness (QED) is 0.491. The third kappa shape index (κ3) is 5.02. The van der Waals surface area contributed by atoms with Crippen molar-refractivity contribution in [3.8, 4) is 17.2 Å². The Morgan fingerprint density at radius 1 is 1.04 bits per heavy atom. The van der Waals surface area contributed by atoms with E-state index in [-0.39, 0.29) is 5.76 Å². The Labute approximate surface area is 155 Å². The Balaban J connectivity index is 1.74. The summed E-state index contributed by atoms with van der Waals surface area (Å²) in [6, 6.07) is 16.4. The maximum absolute atomic E-state index is 9.73. The Morgan fingerprint density at radius 2 is 1.80 bits per heavy atom. The number of benzene rings is 2. The third-order valence-corrected chi connectivity index (χ3v) is 4.65. The lowest BCUT2D eigenvalue weighted by atomic mass is 10.1. The molecular weight excluding hydrogens is 356 g/mol. The van der Waals surface area contributed by atoms with Gasteiger partial charge in [0, 0.05) is 28.0 Å². The number of ether oxygens (including phenoxy) is 2. The highest BCUT2D eigenvalue weighted by atomic mass is 35.5. The van der Waals surface area contributed by atoms with E-state index in [0.29, 0.717) is 34.4 Å². The first kappa shape index (κ1) is 17.4. The molecular formula is C20H17ClO3S. The van der Waals surface area contributed by atoms with Crippen molar-refractivity contribution in [1.82, 2.24) is 0 Å². The van der Waals surface area contributed by atoms with Crippen LogP contribution in [0.4, 0.5) is 0 Å². The molecule has 0 spiro atoms. The lowest BCUT2D eigenvalue weighted by Gasteiger charge is -2.12. The number of rotatable bonds is 7. The molecule has 3 aromatic rings. The molecule has 25 heavy (non-hydrogen) atoms. The summed E-state index contributed by atoms with van der Waals surface area (Å²) >= 11 is 7.59. The van der Waals surface area contributed by atoms with Gasteiger partial charge in [-0.1, -0.05) is 24.2 Å². The molecule has 0 bridgehead atoms. The summed E-state index contributed by atoms with van der Waals surface area (Å²) in [6.45, 7) is 4.12. The maximum Gasteiger partial charge on any atom is 0.131 e. The first-order valence-electron chi connectivity index (χ1n) is 7.72. The fourth-order valence-electron chi connectivity index (χ4n) is 2.24. The highest BCUT2D eigenvalue weighted by molar-refractivity contribution is 7.09. The minimum Gasteiger partial charge on any atom is -0.508 e. The minimum atomic E-state index is -0.0373. The monoisotopic (exact) mass is 372 g/mol. The van der Waals surface area contributed by atoms with Crippen LogP contribution in [-0.4, -0.2) is 11.7 Å². The molecule has 0 unspecified atom stereocenters. The summed E-state index contributed by atoms with van der Waals surface area (Å²) in [7, 11) is 0. The fraction of sp³-hybridized carbons (Fsp3) is 0.100. The van der Waals surface area contributed by atoms with Gasteiger partial charge in [0.1, 0.15) is 23.0 Å². The van der Waals surface area contributed by atoms with Crippen LogP contribution in [0.5, 0.6) is 17.2 Å². The molecule has 0 atom stereocenters. The van der Waals surface area contributed by atoms with Gasteiger partial charge in [0.05, 0.1) is 6.61 Å². The Kier molecular flexibility index (Phi) is 5.64. The average Bonchev–Trinajstić information content (AvgIpc) is 3.10. The molecule has 128 valence electrons. The molecule has 0 radical (unpaired) electrons. The normalized spacial score (nSPS) is 10.4. The summed E-state index contributed by atoms with van der Waals surface area (Å²) in [6.07, 6.45) is 0.829. The highest BCUT2D eigenvalue weighted by Crippen LogP contribution is 2.30. The predicted octanol–water partition coefficient (Wildman–Crippen LogP) is 6.34. The highest BCUT2D eigenvalue weighted by Gasteiger charge is 2.07. The van der Waals surface area contributed by atoms with Gasteiger partial charge in [0.2, 0.25) is 0 Å². The first-order valence-corrected chi connectivity index (χ1v) is 8.98. The van der Waals surface area contributed by atoms with E-state index >= 15 is 0 Å². The van der Waals surface area contributed by atoms with E-state index in [1.165, 1.54) is 4.88 Å². The zero-order valence-corrected chi connectivity index (χ0v) is 15.0. The van der Waals surface area contributed by atoms with Crippen molar-refractivity contribution in [1.29, 1.82) is 0 Å². The van der Waals surface area contributed by atoms with Crippen molar-refractivity contribution in [3.63, 3.8) is 0 Å². The summed E-state index contributed by atoms with van der Waals surface area (Å²) in [5, 5.41) is 12.4. The number of aliphatic hydroxyl groups is 1. The number of aliphatic hydroxyl groups excluding tert-OH is 1. The summed E-state index contributed by atoms with van der Waals surface area (Å²) in [4.78, 5) is 1.26. The largest absolute Gasteiger partial charge is 0.508 e. The number of hydrogen-bond donors (Lipinski definition) is 1. The van der Waals surface area contributed by atoms with Gasteiger partial charge in [0.25, 0.3) is 0 Å². The zero-order valence-electron chi connectivity index (χ0n) is 13.4. The van der Waals surface area contributed by atoms with Crippen LogP contribution in [0.25, 0.3) is 5.76 Å².